The molecule has 0 atom stereocenters. The monoisotopic (exact) mass is 390 g/mol. The number of thiophene rings is 1. The maximum Gasteiger partial charge on any atom is 0.341 e. The number of ether oxygens (including phenoxy) is 1. The van der Waals surface area contributed by atoms with Crippen molar-refractivity contribution in [1.29, 1.82) is 0 Å². The van der Waals surface area contributed by atoms with Crippen LogP contribution >= 0.6 is 11.3 Å². The van der Waals surface area contributed by atoms with Crippen LogP contribution in [0.2, 0.25) is 0 Å². The van der Waals surface area contributed by atoms with Gasteiger partial charge in [-0.15, -0.1) is 11.3 Å². The van der Waals surface area contributed by atoms with Crippen molar-refractivity contribution in [2.45, 2.75) is 33.2 Å². The largest absolute Gasteiger partial charge is 0.467 e. The summed E-state index contributed by atoms with van der Waals surface area (Å²) in [6.07, 6.45) is 3.30. The lowest BCUT2D eigenvalue weighted by molar-refractivity contribution is -0.134. The Morgan fingerprint density at radius 1 is 1.33 bits per heavy atom. The van der Waals surface area contributed by atoms with Crippen LogP contribution in [0.25, 0.3) is 0 Å². The molecule has 0 bridgehead atoms. The van der Waals surface area contributed by atoms with E-state index in [-0.39, 0.29) is 24.3 Å². The Bertz CT molecular complexity index is 852. The molecular weight excluding hydrogens is 368 g/mol. The molecule has 2 heterocycles. The number of anilines is 1. The molecule has 1 aliphatic rings. The first-order valence-corrected chi connectivity index (χ1v) is 9.52. The third kappa shape index (κ3) is 4.57. The zero-order chi connectivity index (χ0) is 19.6. The average molecular weight is 390 g/mol. The van der Waals surface area contributed by atoms with E-state index in [0.29, 0.717) is 22.9 Å². The van der Waals surface area contributed by atoms with E-state index in [2.05, 4.69) is 5.32 Å². The lowest BCUT2D eigenvalue weighted by atomic mass is 10.1. The summed E-state index contributed by atoms with van der Waals surface area (Å²) in [5, 5.41) is 3.32. The zero-order valence-corrected chi connectivity index (χ0v) is 16.4. The number of nitrogens with one attached hydrogen (secondary N) is 1. The number of nitrogens with zero attached hydrogens (tertiary/aromatic N) is 1. The van der Waals surface area contributed by atoms with Crippen molar-refractivity contribution in [3.8, 4) is 0 Å². The van der Waals surface area contributed by atoms with Crippen molar-refractivity contribution in [3.05, 3.63) is 40.2 Å². The van der Waals surface area contributed by atoms with Crippen molar-refractivity contribution < 1.29 is 23.5 Å². The molecule has 0 saturated heterocycles. The molecule has 0 aliphatic heterocycles. The predicted octanol–water partition coefficient (Wildman–Crippen LogP) is 3.12. The molecular formula is C19H22N2O5S. The van der Waals surface area contributed by atoms with E-state index >= 15 is 0 Å². The van der Waals surface area contributed by atoms with Gasteiger partial charge in [0, 0.05) is 17.8 Å². The summed E-state index contributed by atoms with van der Waals surface area (Å²) in [7, 11) is 1.61. The number of hydrogen-bond acceptors (Lipinski definition) is 6. The zero-order valence-electron chi connectivity index (χ0n) is 15.5. The fraction of sp³-hybridized carbons (Fsp3) is 0.421. The molecule has 1 fully saturated rings. The molecule has 0 radical (unpaired) electrons. The van der Waals surface area contributed by atoms with E-state index in [1.54, 1.807) is 26.1 Å². The maximum absolute atomic E-state index is 12.6. The first-order valence-electron chi connectivity index (χ1n) is 8.71. The maximum atomic E-state index is 12.6. The summed E-state index contributed by atoms with van der Waals surface area (Å²) in [4.78, 5) is 39.2. The molecule has 3 rings (SSSR count). The van der Waals surface area contributed by atoms with Crippen LogP contribution in [0.15, 0.2) is 22.8 Å². The highest BCUT2D eigenvalue weighted by Crippen LogP contribution is 2.36. The van der Waals surface area contributed by atoms with Gasteiger partial charge in [0.1, 0.15) is 10.8 Å². The first-order chi connectivity index (χ1) is 12.9. The average Bonchev–Trinajstić information content (AvgIpc) is 3.30. The summed E-state index contributed by atoms with van der Waals surface area (Å²) < 4.78 is 10.4. The van der Waals surface area contributed by atoms with Gasteiger partial charge in [0.25, 0.3) is 5.91 Å². The van der Waals surface area contributed by atoms with Crippen molar-refractivity contribution in [2.24, 2.45) is 5.92 Å². The third-order valence-corrected chi connectivity index (χ3v) is 5.62. The standard InChI is InChI=1S/C19H22N2O5S/c1-11-12(2)27-18(20-17(23)13-6-7-13)16(11)19(24)26-10-15(22)21(3)9-14-5-4-8-25-14/h4-5,8,13H,6-7,9-10H2,1-3H3,(H,20,23). The van der Waals surface area contributed by atoms with Gasteiger partial charge in [-0.3, -0.25) is 9.59 Å². The van der Waals surface area contributed by atoms with Gasteiger partial charge in [-0.05, 0) is 44.4 Å². The summed E-state index contributed by atoms with van der Waals surface area (Å²) in [5.74, 6) is -0.338. The Labute approximate surface area is 161 Å². The van der Waals surface area contributed by atoms with E-state index in [1.165, 1.54) is 22.5 Å². The number of carbonyl (C=O) groups excluding carboxylic acids is 3. The van der Waals surface area contributed by atoms with E-state index < -0.39 is 5.97 Å². The number of esters is 1. The molecule has 1 saturated carbocycles. The first kappa shape index (κ1) is 19.2. The summed E-state index contributed by atoms with van der Waals surface area (Å²) in [6.45, 7) is 3.61. The summed E-state index contributed by atoms with van der Waals surface area (Å²) >= 11 is 1.35. The second-order valence-electron chi connectivity index (χ2n) is 6.66. The van der Waals surface area contributed by atoms with Crippen molar-refractivity contribution in [3.63, 3.8) is 0 Å². The Balaban J connectivity index is 1.61. The van der Waals surface area contributed by atoms with Gasteiger partial charge in [0.2, 0.25) is 5.91 Å². The number of amides is 2. The number of carbonyl (C=O) groups is 3. The highest BCUT2D eigenvalue weighted by Gasteiger charge is 2.32. The van der Waals surface area contributed by atoms with Crippen molar-refractivity contribution in [1.82, 2.24) is 4.90 Å². The molecule has 1 N–H and O–H groups in total. The van der Waals surface area contributed by atoms with Gasteiger partial charge in [-0.2, -0.15) is 0 Å². The normalized spacial score (nSPS) is 13.3. The van der Waals surface area contributed by atoms with Gasteiger partial charge in [0.05, 0.1) is 18.4 Å². The lowest BCUT2D eigenvalue weighted by Crippen LogP contribution is -2.30. The number of hydrogen-bond donors (Lipinski definition) is 1. The molecule has 8 heteroatoms. The minimum Gasteiger partial charge on any atom is -0.467 e. The predicted molar refractivity (Wildman–Crippen MR) is 101 cm³/mol. The van der Waals surface area contributed by atoms with Crippen LogP contribution in [0.1, 0.15) is 39.4 Å². The summed E-state index contributed by atoms with van der Waals surface area (Å²) in [5.41, 5.74) is 1.08. The number of furan rings is 1. The SMILES string of the molecule is Cc1sc(NC(=O)C2CC2)c(C(=O)OCC(=O)N(C)Cc2ccco2)c1C. The fourth-order valence-corrected chi connectivity index (χ4v) is 3.61. The Morgan fingerprint density at radius 3 is 2.70 bits per heavy atom. The van der Waals surface area contributed by atoms with Crippen LogP contribution < -0.4 is 5.32 Å². The molecule has 2 aromatic rings. The van der Waals surface area contributed by atoms with Crippen molar-refractivity contribution >= 4 is 34.1 Å². The minimum atomic E-state index is -0.609. The molecule has 0 spiro atoms. The van der Waals surface area contributed by atoms with E-state index in [9.17, 15) is 14.4 Å². The molecule has 27 heavy (non-hydrogen) atoms. The van der Waals surface area contributed by atoms with Crippen LogP contribution in [-0.2, 0) is 20.9 Å². The van der Waals surface area contributed by atoms with Crippen LogP contribution in [0, 0.1) is 19.8 Å². The fourth-order valence-electron chi connectivity index (χ4n) is 2.55. The lowest BCUT2D eigenvalue weighted by Gasteiger charge is -2.16. The third-order valence-electron chi connectivity index (χ3n) is 4.50. The van der Waals surface area contributed by atoms with Crippen LogP contribution in [0.5, 0.6) is 0 Å². The topological polar surface area (TPSA) is 88.8 Å². The van der Waals surface area contributed by atoms with Gasteiger partial charge in [-0.25, -0.2) is 4.79 Å². The van der Waals surface area contributed by atoms with Crippen LogP contribution in [0.4, 0.5) is 5.00 Å². The summed E-state index contributed by atoms with van der Waals surface area (Å²) in [6, 6.07) is 3.51. The molecule has 2 amide bonds. The minimum absolute atomic E-state index is 0.0356. The highest BCUT2D eigenvalue weighted by atomic mass is 32.1. The van der Waals surface area contributed by atoms with Crippen LogP contribution in [-0.4, -0.2) is 36.3 Å². The number of likely N-dealkylation sites (N-methyl/N-ethyl adjacent to an activating group) is 1. The van der Waals surface area contributed by atoms with Gasteiger partial charge < -0.3 is 19.4 Å². The van der Waals surface area contributed by atoms with Crippen LogP contribution in [0.3, 0.4) is 0 Å². The van der Waals surface area contributed by atoms with E-state index in [0.717, 1.165) is 23.3 Å². The highest BCUT2D eigenvalue weighted by molar-refractivity contribution is 7.16. The second-order valence-corrected chi connectivity index (χ2v) is 7.88. The smallest absolute Gasteiger partial charge is 0.341 e. The van der Waals surface area contributed by atoms with E-state index in [1.807, 2.05) is 6.92 Å². The van der Waals surface area contributed by atoms with Gasteiger partial charge in [0.15, 0.2) is 6.61 Å². The molecule has 2 aromatic heterocycles. The quantitative estimate of drug-likeness (QED) is 0.734. The molecule has 0 unspecified atom stereocenters. The Kier molecular flexibility index (Phi) is 5.65. The van der Waals surface area contributed by atoms with Crippen molar-refractivity contribution in [2.75, 3.05) is 19.0 Å². The molecule has 1 aliphatic carbocycles. The molecule has 144 valence electrons. The number of aryl methyl sites for hydroxylation is 1. The Hall–Kier alpha value is -2.61. The van der Waals surface area contributed by atoms with Gasteiger partial charge >= 0.3 is 5.97 Å². The molecule has 0 aromatic carbocycles. The van der Waals surface area contributed by atoms with E-state index in [4.69, 9.17) is 9.15 Å². The molecule has 7 nitrogen and oxygen atoms in total. The second kappa shape index (κ2) is 7.96. The number of rotatable bonds is 7. The van der Waals surface area contributed by atoms with Gasteiger partial charge in [-0.1, -0.05) is 0 Å². The Morgan fingerprint density at radius 2 is 2.07 bits per heavy atom.